The molecule has 2 heterocycles. The van der Waals surface area contributed by atoms with Crippen LogP contribution in [0, 0.1) is 17.0 Å². The Bertz CT molecular complexity index is 1300. The van der Waals surface area contributed by atoms with E-state index in [0.29, 0.717) is 40.0 Å². The number of aromatic nitrogens is 4. The van der Waals surface area contributed by atoms with Gasteiger partial charge in [0, 0.05) is 29.5 Å². The molecule has 0 unspecified atom stereocenters. The second kappa shape index (κ2) is 8.33. The number of halogens is 1. The first-order valence-corrected chi connectivity index (χ1v) is 10.4. The highest BCUT2D eigenvalue weighted by Crippen LogP contribution is 2.25. The van der Waals surface area contributed by atoms with Crippen molar-refractivity contribution in [3.63, 3.8) is 0 Å². The summed E-state index contributed by atoms with van der Waals surface area (Å²) in [5.41, 5.74) is 2.50. The fraction of sp³-hybridized carbons (Fsp3) is 0.211. The lowest BCUT2D eigenvalue weighted by Crippen LogP contribution is -2.14. The standard InChI is InChI=1S/C19H16ClN5O4S/c1-12-3-4-13(9-15(12)20)24-11-21-22-18(24)30-8-2-7-23-16-10-14(25(27)28)5-6-17(16)29-19(23)26/h3-6,9-11H,2,7-8H2,1H3. The van der Waals surface area contributed by atoms with Crippen LogP contribution >= 0.6 is 23.4 Å². The molecule has 0 radical (unpaired) electrons. The Labute approximate surface area is 179 Å². The van der Waals surface area contributed by atoms with Crippen LogP contribution in [0.25, 0.3) is 16.8 Å². The molecule has 4 aromatic rings. The number of nitrogens with zero attached hydrogens (tertiary/aromatic N) is 5. The SMILES string of the molecule is Cc1ccc(-n2cnnc2SCCCn2c(=O)oc3ccc([N+](=O)[O-])cc32)cc1Cl. The number of rotatable bonds is 7. The summed E-state index contributed by atoms with van der Waals surface area (Å²) < 4.78 is 8.43. The number of thioether (sulfide) groups is 1. The molecular formula is C19H16ClN5O4S. The van der Waals surface area contributed by atoms with Gasteiger partial charge in [-0.25, -0.2) is 4.79 Å². The molecule has 0 saturated carbocycles. The van der Waals surface area contributed by atoms with Gasteiger partial charge in [-0.3, -0.25) is 19.2 Å². The third-order valence-corrected chi connectivity index (χ3v) is 6.01. The zero-order valence-corrected chi connectivity index (χ0v) is 17.4. The van der Waals surface area contributed by atoms with Gasteiger partial charge in [0.25, 0.3) is 5.69 Å². The number of nitro groups is 1. The van der Waals surface area contributed by atoms with Crippen molar-refractivity contribution in [1.29, 1.82) is 0 Å². The summed E-state index contributed by atoms with van der Waals surface area (Å²) in [7, 11) is 0. The van der Waals surface area contributed by atoms with Gasteiger partial charge in [0.2, 0.25) is 0 Å². The van der Waals surface area contributed by atoms with Gasteiger partial charge in [-0.1, -0.05) is 29.4 Å². The van der Waals surface area contributed by atoms with Crippen molar-refractivity contribution in [3.05, 3.63) is 74.0 Å². The Morgan fingerprint density at radius 3 is 2.87 bits per heavy atom. The molecule has 0 aliphatic rings. The highest BCUT2D eigenvalue weighted by atomic mass is 35.5. The van der Waals surface area contributed by atoms with E-state index in [1.807, 2.05) is 29.7 Å². The minimum Gasteiger partial charge on any atom is -0.408 e. The molecule has 9 nitrogen and oxygen atoms in total. The Morgan fingerprint density at radius 2 is 2.10 bits per heavy atom. The van der Waals surface area contributed by atoms with Crippen LogP contribution < -0.4 is 5.76 Å². The minimum atomic E-state index is -0.534. The van der Waals surface area contributed by atoms with Crippen molar-refractivity contribution in [2.45, 2.75) is 25.0 Å². The van der Waals surface area contributed by atoms with E-state index in [9.17, 15) is 14.9 Å². The van der Waals surface area contributed by atoms with Gasteiger partial charge in [0.1, 0.15) is 6.33 Å². The molecule has 0 atom stereocenters. The summed E-state index contributed by atoms with van der Waals surface area (Å²) in [6.45, 7) is 2.30. The summed E-state index contributed by atoms with van der Waals surface area (Å²) in [6, 6.07) is 9.84. The van der Waals surface area contributed by atoms with Crippen LogP contribution in [0.4, 0.5) is 5.69 Å². The summed E-state index contributed by atoms with van der Waals surface area (Å²) in [6.07, 6.45) is 2.25. The smallest absolute Gasteiger partial charge is 0.408 e. The monoisotopic (exact) mass is 445 g/mol. The number of benzene rings is 2. The van der Waals surface area contributed by atoms with Crippen molar-refractivity contribution >= 4 is 40.1 Å². The van der Waals surface area contributed by atoms with Crippen LogP contribution in [-0.2, 0) is 6.54 Å². The fourth-order valence-corrected chi connectivity index (χ4v) is 4.02. The van der Waals surface area contributed by atoms with E-state index >= 15 is 0 Å². The fourth-order valence-electron chi connectivity index (χ4n) is 2.99. The lowest BCUT2D eigenvalue weighted by Gasteiger charge is -2.08. The molecule has 154 valence electrons. The molecule has 11 heteroatoms. The van der Waals surface area contributed by atoms with E-state index in [2.05, 4.69) is 10.2 Å². The largest absolute Gasteiger partial charge is 0.419 e. The molecule has 0 aliphatic carbocycles. The molecule has 2 aromatic heterocycles. The molecule has 0 amide bonds. The maximum absolute atomic E-state index is 12.1. The Balaban J connectivity index is 1.45. The summed E-state index contributed by atoms with van der Waals surface area (Å²) >= 11 is 7.71. The summed E-state index contributed by atoms with van der Waals surface area (Å²) in [5, 5.41) is 20.5. The van der Waals surface area contributed by atoms with Crippen LogP contribution in [0.1, 0.15) is 12.0 Å². The number of nitro benzene ring substituents is 1. The normalized spacial score (nSPS) is 11.3. The number of hydrogen-bond donors (Lipinski definition) is 0. The average Bonchev–Trinajstić information content (AvgIpc) is 3.30. The van der Waals surface area contributed by atoms with E-state index in [0.717, 1.165) is 11.3 Å². The lowest BCUT2D eigenvalue weighted by atomic mass is 10.2. The quantitative estimate of drug-likeness (QED) is 0.181. The van der Waals surface area contributed by atoms with Gasteiger partial charge < -0.3 is 4.42 Å². The predicted octanol–water partition coefficient (Wildman–Crippen LogP) is 4.23. The Morgan fingerprint density at radius 1 is 1.27 bits per heavy atom. The number of hydrogen-bond acceptors (Lipinski definition) is 7. The third-order valence-electron chi connectivity index (χ3n) is 4.57. The molecular weight excluding hydrogens is 430 g/mol. The predicted molar refractivity (Wildman–Crippen MR) is 114 cm³/mol. The van der Waals surface area contributed by atoms with E-state index in [-0.39, 0.29) is 5.69 Å². The maximum Gasteiger partial charge on any atom is 0.419 e. The van der Waals surface area contributed by atoms with Crippen LogP contribution in [0.5, 0.6) is 0 Å². The molecule has 2 aromatic carbocycles. The van der Waals surface area contributed by atoms with E-state index in [4.69, 9.17) is 16.0 Å². The molecule has 0 saturated heterocycles. The number of oxazole rings is 1. The number of fused-ring (bicyclic) bond motifs is 1. The topological polar surface area (TPSA) is 109 Å². The zero-order chi connectivity index (χ0) is 21.3. The third kappa shape index (κ3) is 3.96. The zero-order valence-electron chi connectivity index (χ0n) is 15.8. The molecule has 0 spiro atoms. The maximum atomic E-state index is 12.1. The van der Waals surface area contributed by atoms with Crippen molar-refractivity contribution in [2.75, 3.05) is 5.75 Å². The van der Waals surface area contributed by atoms with Gasteiger partial charge in [-0.05, 0) is 37.1 Å². The molecule has 4 rings (SSSR count). The van der Waals surface area contributed by atoms with Crippen LogP contribution in [0.15, 0.2) is 57.1 Å². The number of aryl methyl sites for hydroxylation is 2. The van der Waals surface area contributed by atoms with Crippen LogP contribution in [0.3, 0.4) is 0 Å². The van der Waals surface area contributed by atoms with E-state index in [1.165, 1.54) is 34.5 Å². The average molecular weight is 446 g/mol. The minimum absolute atomic E-state index is 0.0868. The van der Waals surface area contributed by atoms with Gasteiger partial charge in [0.15, 0.2) is 10.7 Å². The van der Waals surface area contributed by atoms with Crippen LogP contribution in [-0.4, -0.2) is 30.0 Å². The van der Waals surface area contributed by atoms with Gasteiger partial charge >= 0.3 is 5.76 Å². The molecule has 0 aliphatic heterocycles. The van der Waals surface area contributed by atoms with Gasteiger partial charge in [0.05, 0.1) is 16.1 Å². The van der Waals surface area contributed by atoms with Crippen LogP contribution in [0.2, 0.25) is 5.02 Å². The van der Waals surface area contributed by atoms with Crippen molar-refractivity contribution in [3.8, 4) is 5.69 Å². The van der Waals surface area contributed by atoms with Crippen molar-refractivity contribution in [2.24, 2.45) is 0 Å². The van der Waals surface area contributed by atoms with E-state index in [1.54, 1.807) is 6.33 Å². The first-order chi connectivity index (χ1) is 14.4. The Hall–Kier alpha value is -3.11. The number of non-ortho nitro benzene ring substituents is 1. The second-order valence-electron chi connectivity index (χ2n) is 6.55. The first-order valence-electron chi connectivity index (χ1n) is 9.01. The molecule has 0 N–H and O–H groups in total. The molecule has 0 fully saturated rings. The summed E-state index contributed by atoms with van der Waals surface area (Å²) in [4.78, 5) is 22.6. The van der Waals surface area contributed by atoms with Gasteiger partial charge in [-0.15, -0.1) is 10.2 Å². The molecule has 30 heavy (non-hydrogen) atoms. The highest BCUT2D eigenvalue weighted by Gasteiger charge is 2.14. The lowest BCUT2D eigenvalue weighted by molar-refractivity contribution is -0.384. The molecule has 0 bridgehead atoms. The first kappa shape index (κ1) is 20.2. The van der Waals surface area contributed by atoms with Gasteiger partial charge in [-0.2, -0.15) is 0 Å². The van der Waals surface area contributed by atoms with E-state index < -0.39 is 10.7 Å². The van der Waals surface area contributed by atoms with Crippen molar-refractivity contribution in [1.82, 2.24) is 19.3 Å². The summed E-state index contributed by atoms with van der Waals surface area (Å²) in [5.74, 6) is 0.125. The Kier molecular flexibility index (Phi) is 5.60. The highest BCUT2D eigenvalue weighted by molar-refractivity contribution is 7.99. The second-order valence-corrected chi connectivity index (χ2v) is 8.02. The van der Waals surface area contributed by atoms with Crippen molar-refractivity contribution < 1.29 is 9.34 Å².